The van der Waals surface area contributed by atoms with E-state index < -0.39 is 6.10 Å². The largest absolute Gasteiger partial charge is 0.462 e. The molecule has 336 valence electrons. The van der Waals surface area contributed by atoms with Gasteiger partial charge in [0.05, 0.1) is 0 Å². The Kier molecular flexibility index (Phi) is 44.5. The number of hydrogen-bond donors (Lipinski definition) is 0. The van der Waals surface area contributed by atoms with Crippen LogP contribution in [0.1, 0.15) is 213 Å². The van der Waals surface area contributed by atoms with E-state index in [1.807, 2.05) is 48.6 Å². The third-order valence-corrected chi connectivity index (χ3v) is 10.0. The number of carbonyl (C=O) groups is 3. The highest BCUT2D eigenvalue weighted by atomic mass is 16.6. The van der Waals surface area contributed by atoms with Gasteiger partial charge in [0.1, 0.15) is 13.2 Å². The average molecular weight is 821 g/mol. The molecular weight excluding hydrogens is 733 g/mol. The van der Waals surface area contributed by atoms with E-state index in [0.29, 0.717) is 19.3 Å². The van der Waals surface area contributed by atoms with Gasteiger partial charge in [0.2, 0.25) is 0 Å². The Morgan fingerprint density at radius 2 is 0.661 bits per heavy atom. The predicted octanol–water partition coefficient (Wildman–Crippen LogP) is 15.6. The lowest BCUT2D eigenvalue weighted by Crippen LogP contribution is -2.30. The van der Waals surface area contributed by atoms with Crippen LogP contribution in [0.4, 0.5) is 0 Å². The molecule has 0 aromatic carbocycles. The maximum atomic E-state index is 12.7. The first kappa shape index (κ1) is 55.6. The van der Waals surface area contributed by atoms with Crippen LogP contribution in [0, 0.1) is 0 Å². The number of ether oxygens (including phenoxy) is 3. The minimum atomic E-state index is -0.806. The minimum absolute atomic E-state index is 0.102. The highest BCUT2D eigenvalue weighted by Crippen LogP contribution is 2.13. The summed E-state index contributed by atoms with van der Waals surface area (Å²) in [6, 6.07) is 0. The molecule has 0 saturated heterocycles. The van der Waals surface area contributed by atoms with Crippen LogP contribution in [0.25, 0.3) is 0 Å². The fourth-order valence-corrected chi connectivity index (χ4v) is 6.39. The molecule has 0 bridgehead atoms. The summed E-state index contributed by atoms with van der Waals surface area (Å²) in [5.41, 5.74) is 0. The molecule has 0 aromatic heterocycles. The number of allylic oxidation sites excluding steroid dienone is 14. The molecule has 0 N–H and O–H groups in total. The van der Waals surface area contributed by atoms with Gasteiger partial charge in [0.25, 0.3) is 0 Å². The van der Waals surface area contributed by atoms with Crippen molar-refractivity contribution in [2.75, 3.05) is 13.2 Å². The van der Waals surface area contributed by atoms with E-state index in [0.717, 1.165) is 77.0 Å². The molecule has 0 heterocycles. The molecule has 0 spiro atoms. The van der Waals surface area contributed by atoms with E-state index in [1.165, 1.54) is 89.9 Å². The molecule has 0 aliphatic carbocycles. The van der Waals surface area contributed by atoms with Crippen molar-refractivity contribution < 1.29 is 28.6 Å². The van der Waals surface area contributed by atoms with Gasteiger partial charge in [-0.05, 0) is 64.2 Å². The monoisotopic (exact) mass is 821 g/mol. The summed E-state index contributed by atoms with van der Waals surface area (Å²) in [5.74, 6) is -0.977. The van der Waals surface area contributed by atoms with Crippen LogP contribution in [0.15, 0.2) is 85.1 Å². The smallest absolute Gasteiger partial charge is 0.306 e. The summed E-state index contributed by atoms with van der Waals surface area (Å²) in [5, 5.41) is 0. The predicted molar refractivity (Wildman–Crippen MR) is 251 cm³/mol. The van der Waals surface area contributed by atoms with E-state index in [1.54, 1.807) is 0 Å². The molecule has 0 saturated carbocycles. The molecule has 0 rings (SSSR count). The van der Waals surface area contributed by atoms with E-state index in [9.17, 15) is 14.4 Å². The van der Waals surface area contributed by atoms with Crippen LogP contribution in [0.5, 0.6) is 0 Å². The van der Waals surface area contributed by atoms with Crippen molar-refractivity contribution in [3.63, 3.8) is 0 Å². The standard InChI is InChI=1S/C53H88O6/c1-4-7-10-13-16-19-22-24-26-28-29-31-34-37-40-43-46-52(55)58-49-50(48-57-51(54)45-42-39-36-33-21-18-15-12-9-6-3)59-53(56)47-44-41-38-35-32-30-27-25-23-20-17-14-11-8-5-2/h8,11,14,17,20,23,25-32,50H,4-7,9-10,12-13,15-16,18-19,21-22,24,33-49H2,1-3H3/b11-8-,17-14-,23-20-,27-25-,28-26-,31-29-,32-30-. The number of carbonyl (C=O) groups excluding carboxylic acids is 3. The van der Waals surface area contributed by atoms with Crippen molar-refractivity contribution in [2.45, 2.75) is 219 Å². The highest BCUT2D eigenvalue weighted by Gasteiger charge is 2.19. The zero-order valence-electron chi connectivity index (χ0n) is 38.2. The molecule has 0 fully saturated rings. The van der Waals surface area contributed by atoms with Crippen LogP contribution in [-0.2, 0) is 28.6 Å². The third-order valence-electron chi connectivity index (χ3n) is 10.0. The zero-order valence-corrected chi connectivity index (χ0v) is 38.2. The van der Waals surface area contributed by atoms with Gasteiger partial charge in [-0.1, -0.05) is 215 Å². The van der Waals surface area contributed by atoms with Crippen molar-refractivity contribution in [3.05, 3.63) is 85.1 Å². The van der Waals surface area contributed by atoms with Crippen molar-refractivity contribution in [3.8, 4) is 0 Å². The number of esters is 3. The number of hydrogen-bond acceptors (Lipinski definition) is 6. The molecule has 0 amide bonds. The van der Waals surface area contributed by atoms with E-state index in [4.69, 9.17) is 14.2 Å². The highest BCUT2D eigenvalue weighted by molar-refractivity contribution is 5.71. The summed E-state index contributed by atoms with van der Waals surface area (Å²) in [6.07, 6.45) is 59.9. The lowest BCUT2D eigenvalue weighted by Gasteiger charge is -2.18. The van der Waals surface area contributed by atoms with E-state index in [-0.39, 0.29) is 37.5 Å². The second-order valence-electron chi connectivity index (χ2n) is 15.8. The van der Waals surface area contributed by atoms with E-state index in [2.05, 4.69) is 57.2 Å². The fraction of sp³-hybridized carbons (Fsp3) is 0.679. The van der Waals surface area contributed by atoms with E-state index >= 15 is 0 Å². The fourth-order valence-electron chi connectivity index (χ4n) is 6.39. The van der Waals surface area contributed by atoms with Crippen molar-refractivity contribution >= 4 is 17.9 Å². The Morgan fingerprint density at radius 1 is 0.356 bits per heavy atom. The summed E-state index contributed by atoms with van der Waals surface area (Å²) >= 11 is 0. The van der Waals surface area contributed by atoms with Gasteiger partial charge >= 0.3 is 17.9 Å². The zero-order chi connectivity index (χ0) is 43.0. The third kappa shape index (κ3) is 45.5. The minimum Gasteiger partial charge on any atom is -0.462 e. The Morgan fingerprint density at radius 3 is 1.07 bits per heavy atom. The number of rotatable bonds is 42. The number of unbranched alkanes of at least 4 members (excludes halogenated alkanes) is 22. The van der Waals surface area contributed by atoms with Crippen molar-refractivity contribution in [2.24, 2.45) is 0 Å². The van der Waals surface area contributed by atoms with Crippen LogP contribution in [0.2, 0.25) is 0 Å². The second-order valence-corrected chi connectivity index (χ2v) is 15.8. The van der Waals surface area contributed by atoms with Gasteiger partial charge in [-0.3, -0.25) is 14.4 Å². The molecule has 0 aliphatic rings. The van der Waals surface area contributed by atoms with Gasteiger partial charge < -0.3 is 14.2 Å². The molecule has 1 atom stereocenters. The molecule has 6 heteroatoms. The first-order valence-electron chi connectivity index (χ1n) is 24.2. The van der Waals surface area contributed by atoms with Gasteiger partial charge in [0, 0.05) is 19.3 Å². The topological polar surface area (TPSA) is 78.9 Å². The molecule has 6 nitrogen and oxygen atoms in total. The average Bonchev–Trinajstić information content (AvgIpc) is 3.23. The lowest BCUT2D eigenvalue weighted by atomic mass is 10.1. The van der Waals surface area contributed by atoms with Gasteiger partial charge in [-0.15, -0.1) is 0 Å². The molecule has 0 aromatic rings. The summed E-state index contributed by atoms with van der Waals surface area (Å²) < 4.78 is 16.7. The molecule has 0 radical (unpaired) electrons. The maximum absolute atomic E-state index is 12.7. The summed E-state index contributed by atoms with van der Waals surface area (Å²) in [4.78, 5) is 37.8. The SMILES string of the molecule is CC\C=C/C=C\C=C/C=C\C=C/CCCCCC(=O)OC(COC(=O)CCCCC/C=C\C=C/CCCCCCCCC)COC(=O)CCCCCCCCCCCC. The maximum Gasteiger partial charge on any atom is 0.306 e. The van der Waals surface area contributed by atoms with Crippen molar-refractivity contribution in [1.82, 2.24) is 0 Å². The molecule has 1 unspecified atom stereocenters. The lowest BCUT2D eigenvalue weighted by molar-refractivity contribution is -0.167. The first-order valence-corrected chi connectivity index (χ1v) is 24.2. The molecular formula is C53H88O6. The van der Waals surface area contributed by atoms with Crippen LogP contribution < -0.4 is 0 Å². The quantitative estimate of drug-likeness (QED) is 0.0264. The first-order chi connectivity index (χ1) is 29.0. The Labute approximate surface area is 363 Å². The molecule has 59 heavy (non-hydrogen) atoms. The van der Waals surface area contributed by atoms with Gasteiger partial charge in [-0.25, -0.2) is 0 Å². The van der Waals surface area contributed by atoms with Crippen LogP contribution in [-0.4, -0.2) is 37.2 Å². The Bertz CT molecular complexity index is 1170. The Balaban J connectivity index is 4.50. The van der Waals surface area contributed by atoms with Crippen LogP contribution in [0.3, 0.4) is 0 Å². The van der Waals surface area contributed by atoms with Gasteiger partial charge in [-0.2, -0.15) is 0 Å². The van der Waals surface area contributed by atoms with Crippen molar-refractivity contribution in [1.29, 1.82) is 0 Å². The summed E-state index contributed by atoms with van der Waals surface area (Å²) in [7, 11) is 0. The molecule has 0 aliphatic heterocycles. The normalized spacial score (nSPS) is 12.8. The van der Waals surface area contributed by atoms with Crippen LogP contribution >= 0.6 is 0 Å². The summed E-state index contributed by atoms with van der Waals surface area (Å²) in [6.45, 7) is 6.40. The second kappa shape index (κ2) is 47.3. The Hall–Kier alpha value is -3.41. The van der Waals surface area contributed by atoms with Gasteiger partial charge in [0.15, 0.2) is 6.10 Å².